The number of nitriles is 1. The summed E-state index contributed by atoms with van der Waals surface area (Å²) < 4.78 is 0. The van der Waals surface area contributed by atoms with Crippen LogP contribution in [0.1, 0.15) is 54.3 Å². The Morgan fingerprint density at radius 2 is 1.93 bits per heavy atom. The molecule has 30 heavy (non-hydrogen) atoms. The third kappa shape index (κ3) is 5.50. The van der Waals surface area contributed by atoms with Crippen LogP contribution in [-0.4, -0.2) is 35.4 Å². The molecule has 1 atom stereocenters. The molecule has 0 aliphatic heterocycles. The van der Waals surface area contributed by atoms with E-state index in [9.17, 15) is 14.9 Å². The predicted molar refractivity (Wildman–Crippen MR) is 120 cm³/mol. The number of halogens is 1. The van der Waals surface area contributed by atoms with E-state index in [-0.39, 0.29) is 29.5 Å². The van der Waals surface area contributed by atoms with Crippen molar-refractivity contribution in [1.29, 1.82) is 5.26 Å². The van der Waals surface area contributed by atoms with E-state index in [0.29, 0.717) is 29.2 Å². The van der Waals surface area contributed by atoms with Crippen molar-refractivity contribution in [3.8, 4) is 6.07 Å². The number of nitrogens with zero attached hydrogens (tertiary/aromatic N) is 2. The Morgan fingerprint density at radius 1 is 1.27 bits per heavy atom. The minimum Gasteiger partial charge on any atom is -0.354 e. The van der Waals surface area contributed by atoms with Gasteiger partial charge in [0.25, 0.3) is 5.56 Å². The minimum absolute atomic E-state index is 0.0145. The van der Waals surface area contributed by atoms with Crippen LogP contribution in [-0.2, 0) is 11.2 Å². The van der Waals surface area contributed by atoms with E-state index in [1.165, 1.54) is 0 Å². The molecule has 0 saturated heterocycles. The highest BCUT2D eigenvalue weighted by Crippen LogP contribution is 2.27. The number of H-pyrrole nitrogens is 1. The number of benzene rings is 1. The highest BCUT2D eigenvalue weighted by Gasteiger charge is 2.21. The van der Waals surface area contributed by atoms with Crippen molar-refractivity contribution in [1.82, 2.24) is 15.2 Å². The molecular formula is C23H29ClN4O2. The summed E-state index contributed by atoms with van der Waals surface area (Å²) in [7, 11) is 0. The van der Waals surface area contributed by atoms with Gasteiger partial charge in [0.2, 0.25) is 5.91 Å². The number of hydrogen-bond acceptors (Lipinski definition) is 4. The number of likely N-dealkylation sites (N-methyl/N-ethyl adjacent to an activating group) is 1. The molecule has 1 aromatic heterocycles. The molecule has 160 valence electrons. The van der Waals surface area contributed by atoms with Crippen molar-refractivity contribution in [3.63, 3.8) is 0 Å². The van der Waals surface area contributed by atoms with Crippen molar-refractivity contribution in [2.75, 3.05) is 19.6 Å². The van der Waals surface area contributed by atoms with Crippen LogP contribution in [0.15, 0.2) is 29.1 Å². The average Bonchev–Trinajstić information content (AvgIpc) is 2.71. The van der Waals surface area contributed by atoms with Crippen LogP contribution in [0.3, 0.4) is 0 Å². The molecule has 0 fully saturated rings. The summed E-state index contributed by atoms with van der Waals surface area (Å²) >= 11 is 6.41. The molecule has 0 aliphatic carbocycles. The topological polar surface area (TPSA) is 89.0 Å². The van der Waals surface area contributed by atoms with Crippen molar-refractivity contribution in [3.05, 3.63) is 67.6 Å². The molecule has 1 heterocycles. The molecule has 1 aromatic carbocycles. The maximum atomic E-state index is 12.6. The second kappa shape index (κ2) is 11.0. The Hall–Kier alpha value is -2.62. The number of aromatic nitrogens is 1. The van der Waals surface area contributed by atoms with Gasteiger partial charge in [-0.3, -0.25) is 14.5 Å². The zero-order chi connectivity index (χ0) is 22.3. The van der Waals surface area contributed by atoms with Crippen molar-refractivity contribution in [2.24, 2.45) is 0 Å². The van der Waals surface area contributed by atoms with Crippen LogP contribution in [0.5, 0.6) is 0 Å². The molecule has 7 heteroatoms. The second-order valence-electron chi connectivity index (χ2n) is 7.23. The summed E-state index contributed by atoms with van der Waals surface area (Å²) in [6.07, 6.45) is 0.725. The van der Waals surface area contributed by atoms with Gasteiger partial charge in [-0.25, -0.2) is 0 Å². The molecule has 6 nitrogen and oxygen atoms in total. The van der Waals surface area contributed by atoms with Crippen LogP contribution < -0.4 is 10.9 Å². The zero-order valence-electron chi connectivity index (χ0n) is 18.0. The largest absolute Gasteiger partial charge is 0.354 e. The number of hydrogen-bond donors (Lipinski definition) is 2. The standard InChI is InChI=1S/C23H29ClN4O2/c1-5-28(6-2)21(18-9-7-8-10-20(18)24)14-26-22(29)12-11-17-15(3)19(13-25)23(30)27-16(17)4/h7-10,21H,5-6,11-12,14H2,1-4H3,(H,26,29)(H,27,30). The smallest absolute Gasteiger partial charge is 0.266 e. The minimum atomic E-state index is -0.387. The number of rotatable bonds is 9. The van der Waals surface area contributed by atoms with E-state index in [0.717, 1.165) is 24.2 Å². The summed E-state index contributed by atoms with van der Waals surface area (Å²) in [5, 5.41) is 12.9. The Labute approximate surface area is 182 Å². The van der Waals surface area contributed by atoms with E-state index >= 15 is 0 Å². The lowest BCUT2D eigenvalue weighted by atomic mass is 9.99. The molecule has 1 amide bonds. The van der Waals surface area contributed by atoms with Gasteiger partial charge in [-0.2, -0.15) is 5.26 Å². The maximum Gasteiger partial charge on any atom is 0.266 e. The first kappa shape index (κ1) is 23.7. The van der Waals surface area contributed by atoms with E-state index in [2.05, 4.69) is 29.0 Å². The lowest BCUT2D eigenvalue weighted by Crippen LogP contribution is -2.38. The van der Waals surface area contributed by atoms with Gasteiger partial charge in [-0.15, -0.1) is 0 Å². The van der Waals surface area contributed by atoms with Crippen LogP contribution in [0, 0.1) is 25.2 Å². The van der Waals surface area contributed by atoms with E-state index in [1.54, 1.807) is 13.8 Å². The Kier molecular flexibility index (Phi) is 8.64. The summed E-state index contributed by atoms with van der Waals surface area (Å²) in [4.78, 5) is 29.4. The molecule has 2 rings (SSSR count). The van der Waals surface area contributed by atoms with E-state index < -0.39 is 0 Å². The summed E-state index contributed by atoms with van der Waals surface area (Å²) in [5.74, 6) is -0.0808. The quantitative estimate of drug-likeness (QED) is 0.638. The Bertz CT molecular complexity index is 990. The van der Waals surface area contributed by atoms with Crippen LogP contribution in [0.4, 0.5) is 0 Å². The van der Waals surface area contributed by atoms with Gasteiger partial charge in [0, 0.05) is 23.7 Å². The summed E-state index contributed by atoms with van der Waals surface area (Å²) in [5.41, 5.74) is 2.89. The maximum absolute atomic E-state index is 12.6. The molecule has 0 bridgehead atoms. The Balaban J connectivity index is 2.10. The SMILES string of the molecule is CCN(CC)C(CNC(=O)CCc1c(C)[nH]c(=O)c(C#N)c1C)c1ccccc1Cl. The van der Waals surface area contributed by atoms with Crippen molar-refractivity contribution >= 4 is 17.5 Å². The first-order valence-electron chi connectivity index (χ1n) is 10.2. The number of aromatic amines is 1. The van der Waals surface area contributed by atoms with Gasteiger partial charge in [-0.1, -0.05) is 43.6 Å². The zero-order valence-corrected chi connectivity index (χ0v) is 18.8. The van der Waals surface area contributed by atoms with Crippen LogP contribution in [0.2, 0.25) is 5.02 Å². The fourth-order valence-electron chi connectivity index (χ4n) is 3.80. The van der Waals surface area contributed by atoms with Gasteiger partial charge in [0.15, 0.2) is 0 Å². The fourth-order valence-corrected chi connectivity index (χ4v) is 4.06. The van der Waals surface area contributed by atoms with Gasteiger partial charge in [-0.05, 0) is 56.1 Å². The predicted octanol–water partition coefficient (Wildman–Crippen LogP) is 3.65. The van der Waals surface area contributed by atoms with Gasteiger partial charge in [0.05, 0.1) is 6.04 Å². The number of amides is 1. The van der Waals surface area contributed by atoms with Gasteiger partial charge >= 0.3 is 0 Å². The number of carbonyl (C=O) groups is 1. The van der Waals surface area contributed by atoms with Crippen LogP contribution in [0.25, 0.3) is 0 Å². The highest BCUT2D eigenvalue weighted by molar-refractivity contribution is 6.31. The second-order valence-corrected chi connectivity index (χ2v) is 7.64. The summed E-state index contributed by atoms with van der Waals surface area (Å²) in [6, 6.07) is 9.64. The summed E-state index contributed by atoms with van der Waals surface area (Å²) in [6.45, 7) is 9.85. The molecule has 2 N–H and O–H groups in total. The number of pyridine rings is 1. The van der Waals surface area contributed by atoms with Crippen LogP contribution >= 0.6 is 11.6 Å². The lowest BCUT2D eigenvalue weighted by Gasteiger charge is -2.31. The number of aryl methyl sites for hydroxylation is 1. The first-order valence-corrected chi connectivity index (χ1v) is 10.6. The van der Waals surface area contributed by atoms with E-state index in [1.807, 2.05) is 30.3 Å². The molecule has 0 aliphatic rings. The molecule has 0 saturated carbocycles. The third-order valence-corrected chi connectivity index (χ3v) is 5.88. The molecular weight excluding hydrogens is 400 g/mol. The highest BCUT2D eigenvalue weighted by atomic mass is 35.5. The molecule has 0 spiro atoms. The molecule has 0 radical (unpaired) electrons. The van der Waals surface area contributed by atoms with E-state index in [4.69, 9.17) is 11.6 Å². The monoisotopic (exact) mass is 428 g/mol. The van der Waals surface area contributed by atoms with Crippen molar-refractivity contribution < 1.29 is 4.79 Å². The normalized spacial score (nSPS) is 11.9. The fraction of sp³-hybridized carbons (Fsp3) is 0.435. The van der Waals surface area contributed by atoms with Crippen molar-refractivity contribution in [2.45, 2.75) is 46.6 Å². The average molecular weight is 429 g/mol. The Morgan fingerprint density at radius 3 is 2.53 bits per heavy atom. The lowest BCUT2D eigenvalue weighted by molar-refractivity contribution is -0.121. The first-order chi connectivity index (χ1) is 14.3. The number of nitrogens with one attached hydrogen (secondary N) is 2. The molecule has 1 unspecified atom stereocenters. The van der Waals surface area contributed by atoms with Gasteiger partial charge in [0.1, 0.15) is 11.6 Å². The third-order valence-electron chi connectivity index (χ3n) is 5.53. The molecule has 2 aromatic rings. The number of carbonyl (C=O) groups excluding carboxylic acids is 1. The van der Waals surface area contributed by atoms with Gasteiger partial charge < -0.3 is 10.3 Å².